The Hall–Kier alpha value is -3.72. The summed E-state index contributed by atoms with van der Waals surface area (Å²) in [5.74, 6) is -2.55. The molecule has 0 radical (unpaired) electrons. The Bertz CT molecular complexity index is 1170. The zero-order chi connectivity index (χ0) is 20.0. The molecular weight excluding hydrogens is 382 g/mol. The number of carbonyl (C=O) groups excluding carboxylic acids is 3. The van der Waals surface area contributed by atoms with Crippen LogP contribution in [0.3, 0.4) is 0 Å². The van der Waals surface area contributed by atoms with Gasteiger partial charge in [-0.2, -0.15) is 0 Å². The van der Waals surface area contributed by atoms with Gasteiger partial charge in [0.15, 0.2) is 5.78 Å². The first-order valence-electron chi connectivity index (χ1n) is 8.08. The van der Waals surface area contributed by atoms with E-state index in [0.29, 0.717) is 5.01 Å². The fourth-order valence-electron chi connectivity index (χ4n) is 2.86. The zero-order valence-corrected chi connectivity index (χ0v) is 15.2. The molecule has 1 aliphatic heterocycles. The molecule has 0 atom stereocenters. The van der Waals surface area contributed by atoms with Crippen molar-refractivity contribution >= 4 is 40.0 Å². The Labute approximate surface area is 162 Å². The fourth-order valence-corrected chi connectivity index (χ4v) is 3.55. The summed E-state index contributed by atoms with van der Waals surface area (Å²) in [4.78, 5) is 49.9. The number of rotatable bonds is 4. The number of ketones is 1. The number of fused-ring (bicyclic) bond motifs is 1. The van der Waals surface area contributed by atoms with Crippen LogP contribution in [0.2, 0.25) is 0 Å². The summed E-state index contributed by atoms with van der Waals surface area (Å²) in [5.41, 5.74) is 0.868. The molecule has 0 fully saturated rings. The molecule has 2 aromatic carbocycles. The van der Waals surface area contributed by atoms with E-state index < -0.39 is 17.8 Å². The number of amides is 2. The Kier molecular flexibility index (Phi) is 4.08. The van der Waals surface area contributed by atoms with Crippen molar-refractivity contribution in [2.45, 2.75) is 6.92 Å². The van der Waals surface area contributed by atoms with E-state index in [4.69, 9.17) is 5.11 Å². The lowest BCUT2D eigenvalue weighted by Crippen LogP contribution is -2.29. The standard InChI is InChI=1S/C19H11N3O5S/c1-9-20-21-19(28-9)22-16(24)13-7-6-12(8-14(13)17(22)25)15(23)10-2-4-11(5-3-10)18(26)27/h2-8H,1H3,(H,26,27). The number of aromatic nitrogens is 2. The Morgan fingerprint density at radius 1 is 0.893 bits per heavy atom. The molecule has 0 saturated heterocycles. The van der Waals surface area contributed by atoms with Gasteiger partial charge in [-0.25, -0.2) is 9.69 Å². The number of hydrogen-bond acceptors (Lipinski definition) is 7. The predicted molar refractivity (Wildman–Crippen MR) is 99.1 cm³/mol. The third kappa shape index (κ3) is 2.78. The second kappa shape index (κ2) is 6.46. The molecule has 28 heavy (non-hydrogen) atoms. The molecule has 0 saturated carbocycles. The molecular formula is C19H11N3O5S. The molecule has 0 spiro atoms. The van der Waals surface area contributed by atoms with Gasteiger partial charge < -0.3 is 5.11 Å². The summed E-state index contributed by atoms with van der Waals surface area (Å²) < 4.78 is 0. The second-order valence-corrected chi connectivity index (χ2v) is 7.18. The van der Waals surface area contributed by atoms with Crippen molar-refractivity contribution < 1.29 is 24.3 Å². The number of carbonyl (C=O) groups is 4. The summed E-state index contributed by atoms with van der Waals surface area (Å²) in [7, 11) is 0. The topological polar surface area (TPSA) is 118 Å². The van der Waals surface area contributed by atoms with E-state index in [1.165, 1.54) is 42.5 Å². The van der Waals surface area contributed by atoms with Crippen molar-refractivity contribution in [2.24, 2.45) is 0 Å². The van der Waals surface area contributed by atoms with Crippen LogP contribution in [0.25, 0.3) is 0 Å². The van der Waals surface area contributed by atoms with Crippen molar-refractivity contribution in [2.75, 3.05) is 4.90 Å². The zero-order valence-electron chi connectivity index (χ0n) is 14.4. The average Bonchev–Trinajstić information content (AvgIpc) is 3.22. The summed E-state index contributed by atoms with van der Waals surface area (Å²) in [6.45, 7) is 1.71. The van der Waals surface area contributed by atoms with Gasteiger partial charge in [0.05, 0.1) is 16.7 Å². The summed E-state index contributed by atoms with van der Waals surface area (Å²) in [6.07, 6.45) is 0. The van der Waals surface area contributed by atoms with Gasteiger partial charge in [0.2, 0.25) is 5.13 Å². The first-order chi connectivity index (χ1) is 13.4. The molecule has 2 amide bonds. The van der Waals surface area contributed by atoms with E-state index >= 15 is 0 Å². The van der Waals surface area contributed by atoms with Gasteiger partial charge in [0.25, 0.3) is 11.8 Å². The number of aromatic carboxylic acids is 1. The summed E-state index contributed by atoms with van der Waals surface area (Å²) in [5, 5.41) is 17.4. The van der Waals surface area contributed by atoms with Crippen molar-refractivity contribution in [1.82, 2.24) is 10.2 Å². The third-order valence-corrected chi connectivity index (χ3v) is 5.07. The maximum atomic E-state index is 12.7. The number of hydrogen-bond donors (Lipinski definition) is 1. The number of nitrogens with zero attached hydrogens (tertiary/aromatic N) is 3. The van der Waals surface area contributed by atoms with Crippen LogP contribution in [-0.2, 0) is 0 Å². The first kappa shape index (κ1) is 17.7. The molecule has 138 valence electrons. The predicted octanol–water partition coefficient (Wildman–Crippen LogP) is 2.58. The molecule has 0 bridgehead atoms. The van der Waals surface area contributed by atoms with Crippen LogP contribution in [0.5, 0.6) is 0 Å². The minimum absolute atomic E-state index is 0.0641. The van der Waals surface area contributed by atoms with Gasteiger partial charge >= 0.3 is 5.97 Å². The lowest BCUT2D eigenvalue weighted by molar-refractivity contribution is 0.0695. The monoisotopic (exact) mass is 393 g/mol. The highest BCUT2D eigenvalue weighted by Gasteiger charge is 2.39. The van der Waals surface area contributed by atoms with Crippen LogP contribution in [0, 0.1) is 6.92 Å². The van der Waals surface area contributed by atoms with Crippen molar-refractivity contribution in [3.63, 3.8) is 0 Å². The molecule has 4 rings (SSSR count). The van der Waals surface area contributed by atoms with Gasteiger partial charge in [0, 0.05) is 11.1 Å². The first-order valence-corrected chi connectivity index (χ1v) is 8.89. The summed E-state index contributed by atoms with van der Waals surface area (Å²) >= 11 is 1.12. The second-order valence-electron chi connectivity index (χ2n) is 6.02. The molecule has 8 nitrogen and oxygen atoms in total. The van der Waals surface area contributed by atoms with E-state index in [9.17, 15) is 19.2 Å². The lowest BCUT2D eigenvalue weighted by Gasteiger charge is -2.07. The van der Waals surface area contributed by atoms with Crippen LogP contribution in [0.15, 0.2) is 42.5 Å². The maximum Gasteiger partial charge on any atom is 0.335 e. The Balaban J connectivity index is 1.68. The third-order valence-electron chi connectivity index (χ3n) is 4.25. The van der Waals surface area contributed by atoms with Gasteiger partial charge in [-0.15, -0.1) is 10.2 Å². The highest BCUT2D eigenvalue weighted by atomic mass is 32.1. The number of imide groups is 1. The molecule has 1 N–H and O–H groups in total. The number of aryl methyl sites for hydroxylation is 1. The fraction of sp³-hybridized carbons (Fsp3) is 0.0526. The lowest BCUT2D eigenvalue weighted by atomic mass is 9.98. The molecule has 9 heteroatoms. The minimum atomic E-state index is -1.09. The minimum Gasteiger partial charge on any atom is -0.478 e. The average molecular weight is 393 g/mol. The number of carboxylic acids is 1. The molecule has 1 aliphatic rings. The Morgan fingerprint density at radius 3 is 2.11 bits per heavy atom. The van der Waals surface area contributed by atoms with E-state index in [1.54, 1.807) is 6.92 Å². The van der Waals surface area contributed by atoms with Crippen molar-refractivity contribution in [3.05, 3.63) is 75.3 Å². The smallest absolute Gasteiger partial charge is 0.335 e. The maximum absolute atomic E-state index is 12.7. The van der Waals surface area contributed by atoms with E-state index in [-0.39, 0.29) is 38.7 Å². The van der Waals surface area contributed by atoms with Crippen LogP contribution in [0.1, 0.15) is 52.0 Å². The molecule has 3 aromatic rings. The highest BCUT2D eigenvalue weighted by molar-refractivity contribution is 7.15. The van der Waals surface area contributed by atoms with E-state index in [1.807, 2.05) is 0 Å². The van der Waals surface area contributed by atoms with Crippen molar-refractivity contribution in [1.29, 1.82) is 0 Å². The van der Waals surface area contributed by atoms with Crippen molar-refractivity contribution in [3.8, 4) is 0 Å². The quantitative estimate of drug-likeness (QED) is 0.535. The Morgan fingerprint density at radius 2 is 1.50 bits per heavy atom. The normalized spacial score (nSPS) is 13.0. The van der Waals surface area contributed by atoms with Gasteiger partial charge in [-0.3, -0.25) is 14.4 Å². The number of carboxylic acid groups (broad SMARTS) is 1. The van der Waals surface area contributed by atoms with Crippen LogP contribution >= 0.6 is 11.3 Å². The van der Waals surface area contributed by atoms with Crippen LogP contribution in [0.4, 0.5) is 5.13 Å². The SMILES string of the molecule is Cc1nnc(N2C(=O)c3ccc(C(=O)c4ccc(C(=O)O)cc4)cc3C2=O)s1. The number of anilines is 1. The van der Waals surface area contributed by atoms with Gasteiger partial charge in [-0.1, -0.05) is 29.5 Å². The van der Waals surface area contributed by atoms with E-state index in [0.717, 1.165) is 16.2 Å². The highest BCUT2D eigenvalue weighted by Crippen LogP contribution is 2.31. The van der Waals surface area contributed by atoms with E-state index in [2.05, 4.69) is 10.2 Å². The molecule has 0 aliphatic carbocycles. The molecule has 0 unspecified atom stereocenters. The molecule has 2 heterocycles. The van der Waals surface area contributed by atoms with Crippen LogP contribution < -0.4 is 4.90 Å². The van der Waals surface area contributed by atoms with Crippen LogP contribution in [-0.4, -0.2) is 38.9 Å². The van der Waals surface area contributed by atoms with Gasteiger partial charge in [0.1, 0.15) is 5.01 Å². The largest absolute Gasteiger partial charge is 0.478 e. The number of benzene rings is 2. The molecule has 1 aromatic heterocycles. The summed E-state index contributed by atoms with van der Waals surface area (Å²) in [6, 6.07) is 9.74. The van der Waals surface area contributed by atoms with Gasteiger partial charge in [-0.05, 0) is 31.2 Å².